The molecular formula is C12H17BrN2O2. The minimum atomic E-state index is -0.469. The van der Waals surface area contributed by atoms with Crippen molar-refractivity contribution in [2.75, 3.05) is 24.3 Å². The van der Waals surface area contributed by atoms with Gasteiger partial charge in [-0.25, -0.2) is 0 Å². The molecule has 0 aliphatic heterocycles. The van der Waals surface area contributed by atoms with Crippen molar-refractivity contribution < 1.29 is 9.53 Å². The first kappa shape index (κ1) is 14.0. The molecule has 17 heavy (non-hydrogen) atoms. The van der Waals surface area contributed by atoms with Crippen molar-refractivity contribution in [3.05, 3.63) is 22.7 Å². The highest BCUT2D eigenvalue weighted by atomic mass is 79.9. The van der Waals surface area contributed by atoms with Gasteiger partial charge in [-0.05, 0) is 32.0 Å². The molecule has 0 bridgehead atoms. The van der Waals surface area contributed by atoms with Gasteiger partial charge in [0, 0.05) is 18.1 Å². The highest BCUT2D eigenvalue weighted by molar-refractivity contribution is 9.10. The fraction of sp³-hybridized carbons (Fsp3) is 0.417. The number of benzene rings is 1. The zero-order chi connectivity index (χ0) is 12.8. The largest absolute Gasteiger partial charge is 0.384 e. The Morgan fingerprint density at radius 3 is 2.76 bits per heavy atom. The van der Waals surface area contributed by atoms with E-state index < -0.39 is 6.10 Å². The Labute approximate surface area is 110 Å². The van der Waals surface area contributed by atoms with E-state index in [1.165, 1.54) is 7.11 Å². The highest BCUT2D eigenvalue weighted by Gasteiger charge is 2.13. The van der Waals surface area contributed by atoms with Crippen LogP contribution >= 0.6 is 15.9 Å². The van der Waals surface area contributed by atoms with Crippen molar-refractivity contribution in [1.82, 2.24) is 0 Å². The molecule has 0 saturated carbocycles. The van der Waals surface area contributed by atoms with Crippen molar-refractivity contribution in [2.24, 2.45) is 0 Å². The maximum atomic E-state index is 11.7. The Hall–Kier alpha value is -1.07. The summed E-state index contributed by atoms with van der Waals surface area (Å²) >= 11 is 3.38. The van der Waals surface area contributed by atoms with Crippen LogP contribution in [0.25, 0.3) is 0 Å². The van der Waals surface area contributed by atoms with Crippen molar-refractivity contribution >= 4 is 33.2 Å². The molecule has 1 unspecified atom stereocenters. The van der Waals surface area contributed by atoms with E-state index in [1.807, 2.05) is 25.1 Å². The first-order valence-electron chi connectivity index (χ1n) is 5.45. The average molecular weight is 301 g/mol. The molecule has 1 rings (SSSR count). The lowest BCUT2D eigenvalue weighted by Gasteiger charge is -2.15. The number of carbonyl (C=O) groups is 1. The van der Waals surface area contributed by atoms with Crippen LogP contribution in [0.1, 0.15) is 13.8 Å². The van der Waals surface area contributed by atoms with E-state index in [-0.39, 0.29) is 5.91 Å². The average Bonchev–Trinajstić information content (AvgIpc) is 2.31. The Kier molecular flexibility index (Phi) is 5.44. The van der Waals surface area contributed by atoms with Crippen molar-refractivity contribution in [3.8, 4) is 0 Å². The van der Waals surface area contributed by atoms with Crippen LogP contribution in [-0.2, 0) is 9.53 Å². The molecule has 1 aromatic rings. The Balaban J connectivity index is 2.87. The van der Waals surface area contributed by atoms with E-state index in [9.17, 15) is 4.79 Å². The second-order valence-corrected chi connectivity index (χ2v) is 4.50. The number of anilines is 2. The summed E-state index contributed by atoms with van der Waals surface area (Å²) in [4.78, 5) is 11.7. The van der Waals surface area contributed by atoms with Gasteiger partial charge in [-0.15, -0.1) is 0 Å². The van der Waals surface area contributed by atoms with E-state index in [1.54, 1.807) is 6.92 Å². The van der Waals surface area contributed by atoms with Gasteiger partial charge in [0.05, 0.1) is 11.4 Å². The second kappa shape index (κ2) is 6.61. The van der Waals surface area contributed by atoms with E-state index >= 15 is 0 Å². The summed E-state index contributed by atoms with van der Waals surface area (Å²) < 4.78 is 5.89. The quantitative estimate of drug-likeness (QED) is 0.879. The molecule has 1 amide bonds. The fourth-order valence-electron chi connectivity index (χ4n) is 1.31. The molecule has 2 N–H and O–H groups in total. The lowest BCUT2D eigenvalue weighted by atomic mass is 10.2. The first-order valence-corrected chi connectivity index (χ1v) is 6.24. The molecule has 0 fully saturated rings. The smallest absolute Gasteiger partial charge is 0.253 e. The van der Waals surface area contributed by atoms with Crippen LogP contribution in [0.2, 0.25) is 0 Å². The molecule has 0 aliphatic rings. The van der Waals surface area contributed by atoms with Crippen LogP contribution in [0.15, 0.2) is 22.7 Å². The molecule has 4 nitrogen and oxygen atoms in total. The number of hydrogen-bond acceptors (Lipinski definition) is 3. The van der Waals surface area contributed by atoms with E-state index in [4.69, 9.17) is 4.74 Å². The molecule has 94 valence electrons. The monoisotopic (exact) mass is 300 g/mol. The van der Waals surface area contributed by atoms with Gasteiger partial charge in [0.1, 0.15) is 6.10 Å². The second-order valence-electron chi connectivity index (χ2n) is 3.59. The van der Waals surface area contributed by atoms with E-state index in [0.717, 1.165) is 22.4 Å². The Morgan fingerprint density at radius 1 is 1.47 bits per heavy atom. The maximum Gasteiger partial charge on any atom is 0.253 e. The predicted octanol–water partition coefficient (Wildman–Crippen LogP) is 2.85. The Bertz CT molecular complexity index is 396. The van der Waals surface area contributed by atoms with Crippen LogP contribution in [0.5, 0.6) is 0 Å². The number of nitrogens with one attached hydrogen (secondary N) is 2. The zero-order valence-corrected chi connectivity index (χ0v) is 11.8. The summed E-state index contributed by atoms with van der Waals surface area (Å²) in [5.74, 6) is -0.162. The summed E-state index contributed by atoms with van der Waals surface area (Å²) in [5, 5.41) is 6.02. The number of halogens is 1. The predicted molar refractivity (Wildman–Crippen MR) is 73.4 cm³/mol. The number of hydrogen-bond donors (Lipinski definition) is 2. The molecule has 1 atom stereocenters. The summed E-state index contributed by atoms with van der Waals surface area (Å²) in [6.07, 6.45) is -0.469. The topological polar surface area (TPSA) is 50.4 Å². The number of rotatable bonds is 5. The SMILES string of the molecule is CCNc1ccc(Br)cc1NC(=O)C(C)OC. The van der Waals surface area contributed by atoms with Gasteiger partial charge in [-0.3, -0.25) is 4.79 Å². The lowest BCUT2D eigenvalue weighted by molar-refractivity contribution is -0.124. The van der Waals surface area contributed by atoms with Crippen molar-refractivity contribution in [3.63, 3.8) is 0 Å². The number of carbonyl (C=O) groups excluding carboxylic acids is 1. The summed E-state index contributed by atoms with van der Waals surface area (Å²) in [6, 6.07) is 5.70. The van der Waals surface area contributed by atoms with Crippen molar-refractivity contribution in [2.45, 2.75) is 20.0 Å². The normalized spacial score (nSPS) is 12.0. The van der Waals surface area contributed by atoms with Crippen LogP contribution in [0.3, 0.4) is 0 Å². The van der Waals surface area contributed by atoms with Crippen molar-refractivity contribution in [1.29, 1.82) is 0 Å². The molecule has 0 radical (unpaired) electrons. The van der Waals surface area contributed by atoms with E-state index in [2.05, 4.69) is 26.6 Å². The van der Waals surface area contributed by atoms with Gasteiger partial charge in [-0.1, -0.05) is 15.9 Å². The number of ether oxygens (including phenoxy) is 1. The van der Waals surface area contributed by atoms with Gasteiger partial charge in [-0.2, -0.15) is 0 Å². The molecule has 0 aromatic heterocycles. The molecule has 0 aliphatic carbocycles. The minimum absolute atomic E-state index is 0.162. The van der Waals surface area contributed by atoms with Crippen LogP contribution in [0.4, 0.5) is 11.4 Å². The van der Waals surface area contributed by atoms with Gasteiger partial charge in [0.25, 0.3) is 5.91 Å². The van der Waals surface area contributed by atoms with E-state index in [0.29, 0.717) is 0 Å². The molecule has 0 heterocycles. The lowest BCUT2D eigenvalue weighted by Crippen LogP contribution is -2.27. The fourth-order valence-corrected chi connectivity index (χ4v) is 1.67. The van der Waals surface area contributed by atoms with Gasteiger partial charge >= 0.3 is 0 Å². The number of amides is 1. The third kappa shape index (κ3) is 4.02. The third-order valence-electron chi connectivity index (χ3n) is 2.33. The van der Waals surface area contributed by atoms with Gasteiger partial charge in [0.2, 0.25) is 0 Å². The zero-order valence-electron chi connectivity index (χ0n) is 10.2. The standard InChI is InChI=1S/C12H17BrN2O2/c1-4-14-10-6-5-9(13)7-11(10)15-12(16)8(2)17-3/h5-8,14H,4H2,1-3H3,(H,15,16). The summed E-state index contributed by atoms with van der Waals surface area (Å²) in [7, 11) is 1.51. The minimum Gasteiger partial charge on any atom is -0.384 e. The molecule has 5 heteroatoms. The summed E-state index contributed by atoms with van der Waals surface area (Å²) in [6.45, 7) is 4.51. The molecule has 0 saturated heterocycles. The Morgan fingerprint density at radius 2 is 2.18 bits per heavy atom. The molecular weight excluding hydrogens is 284 g/mol. The van der Waals surface area contributed by atoms with Gasteiger partial charge < -0.3 is 15.4 Å². The summed E-state index contributed by atoms with van der Waals surface area (Å²) in [5.41, 5.74) is 1.64. The van der Waals surface area contributed by atoms with Gasteiger partial charge in [0.15, 0.2) is 0 Å². The first-order chi connectivity index (χ1) is 8.08. The number of methoxy groups -OCH3 is 1. The van der Waals surface area contributed by atoms with Crippen LogP contribution < -0.4 is 10.6 Å². The molecule has 0 spiro atoms. The van der Waals surface area contributed by atoms with Crippen LogP contribution in [-0.4, -0.2) is 25.7 Å². The molecule has 1 aromatic carbocycles. The highest BCUT2D eigenvalue weighted by Crippen LogP contribution is 2.26. The maximum absolute atomic E-state index is 11.7. The third-order valence-corrected chi connectivity index (χ3v) is 2.82. The van der Waals surface area contributed by atoms with Crippen LogP contribution in [0, 0.1) is 0 Å².